The first-order valence-electron chi connectivity index (χ1n) is 12.9. The van der Waals surface area contributed by atoms with Gasteiger partial charge < -0.3 is 0 Å². The molecule has 0 aromatic heterocycles. The second-order valence-electron chi connectivity index (χ2n) is 8.39. The standard InChI is InChI=1S/C29H50O/c1-3-5-7-9-11-12-13-14-15-16-17-18-19-20-22-24-26-28-29(30)27-25-23-21-10-8-6-4-2/h11-12,14-15,17-18,20,22H,3-10,13,16,19,21,23-28H2,1-2H3/b12-11-,15-14-,18-17-,22-20-. The van der Waals surface area contributed by atoms with Crippen molar-refractivity contribution < 1.29 is 4.79 Å². The SMILES string of the molecule is CCCCC/C=C\C/C=C\C/C=C\C/C=C\CCCC(=O)CCCCCCCCC. The van der Waals surface area contributed by atoms with E-state index >= 15 is 0 Å². The highest BCUT2D eigenvalue weighted by atomic mass is 16.1. The smallest absolute Gasteiger partial charge is 0.132 e. The van der Waals surface area contributed by atoms with E-state index in [0.717, 1.165) is 51.4 Å². The summed E-state index contributed by atoms with van der Waals surface area (Å²) in [5.41, 5.74) is 0. The molecular formula is C29H50O. The van der Waals surface area contributed by atoms with Gasteiger partial charge in [-0.2, -0.15) is 0 Å². The van der Waals surface area contributed by atoms with Crippen LogP contribution in [0.1, 0.15) is 129 Å². The van der Waals surface area contributed by atoms with Crippen molar-refractivity contribution >= 4 is 5.78 Å². The summed E-state index contributed by atoms with van der Waals surface area (Å²) >= 11 is 0. The summed E-state index contributed by atoms with van der Waals surface area (Å²) in [6, 6.07) is 0. The molecular weight excluding hydrogens is 364 g/mol. The van der Waals surface area contributed by atoms with Gasteiger partial charge in [0.2, 0.25) is 0 Å². The molecule has 30 heavy (non-hydrogen) atoms. The van der Waals surface area contributed by atoms with Crippen LogP contribution in [0.4, 0.5) is 0 Å². The summed E-state index contributed by atoms with van der Waals surface area (Å²) in [5.74, 6) is 0.458. The van der Waals surface area contributed by atoms with E-state index in [1.807, 2.05) is 0 Å². The average Bonchev–Trinajstić information content (AvgIpc) is 2.75. The molecule has 1 nitrogen and oxygen atoms in total. The predicted molar refractivity (Wildman–Crippen MR) is 136 cm³/mol. The number of carbonyl (C=O) groups is 1. The topological polar surface area (TPSA) is 17.1 Å². The monoisotopic (exact) mass is 414 g/mol. The van der Waals surface area contributed by atoms with Gasteiger partial charge in [-0.05, 0) is 51.4 Å². The largest absolute Gasteiger partial charge is 0.300 e. The summed E-state index contributed by atoms with van der Waals surface area (Å²) in [6.07, 6.45) is 38.8. The van der Waals surface area contributed by atoms with Crippen molar-refractivity contribution in [3.05, 3.63) is 48.6 Å². The van der Waals surface area contributed by atoms with Crippen LogP contribution in [0.15, 0.2) is 48.6 Å². The average molecular weight is 415 g/mol. The van der Waals surface area contributed by atoms with Gasteiger partial charge in [0.25, 0.3) is 0 Å². The normalized spacial score (nSPS) is 12.3. The molecule has 0 bridgehead atoms. The van der Waals surface area contributed by atoms with Gasteiger partial charge in [0.05, 0.1) is 0 Å². The van der Waals surface area contributed by atoms with Crippen molar-refractivity contribution in [2.24, 2.45) is 0 Å². The van der Waals surface area contributed by atoms with Crippen LogP contribution in [-0.2, 0) is 4.79 Å². The number of ketones is 1. The molecule has 0 amide bonds. The summed E-state index contributed by atoms with van der Waals surface area (Å²) in [7, 11) is 0. The third kappa shape index (κ3) is 24.7. The lowest BCUT2D eigenvalue weighted by Gasteiger charge is -2.01. The molecule has 0 heterocycles. The molecule has 0 fully saturated rings. The lowest BCUT2D eigenvalue weighted by atomic mass is 10.0. The van der Waals surface area contributed by atoms with Crippen LogP contribution in [0.25, 0.3) is 0 Å². The second-order valence-corrected chi connectivity index (χ2v) is 8.39. The molecule has 0 aliphatic carbocycles. The molecule has 0 saturated heterocycles. The lowest BCUT2D eigenvalue weighted by molar-refractivity contribution is -0.119. The fourth-order valence-electron chi connectivity index (χ4n) is 3.38. The number of Topliss-reactive ketones (excluding diaryl/α,β-unsaturated/α-hetero) is 1. The van der Waals surface area contributed by atoms with Crippen LogP contribution in [0, 0.1) is 0 Å². The summed E-state index contributed by atoms with van der Waals surface area (Å²) < 4.78 is 0. The lowest BCUT2D eigenvalue weighted by Crippen LogP contribution is -1.97. The van der Waals surface area contributed by atoms with Gasteiger partial charge in [0, 0.05) is 12.8 Å². The van der Waals surface area contributed by atoms with E-state index in [1.165, 1.54) is 64.2 Å². The highest BCUT2D eigenvalue weighted by Gasteiger charge is 2.00. The van der Waals surface area contributed by atoms with Crippen LogP contribution in [0.5, 0.6) is 0 Å². The molecule has 0 spiro atoms. The Kier molecular flexibility index (Phi) is 24.5. The molecule has 0 rings (SSSR count). The summed E-state index contributed by atoms with van der Waals surface area (Å²) in [6.45, 7) is 4.50. The Morgan fingerprint density at radius 1 is 0.467 bits per heavy atom. The Bertz CT molecular complexity index is 467. The molecule has 1 heteroatoms. The van der Waals surface area contributed by atoms with Gasteiger partial charge >= 0.3 is 0 Å². The number of allylic oxidation sites excluding steroid dienone is 8. The zero-order valence-corrected chi connectivity index (χ0v) is 20.3. The van der Waals surface area contributed by atoms with Crippen molar-refractivity contribution in [1.29, 1.82) is 0 Å². The third-order valence-corrected chi connectivity index (χ3v) is 5.34. The Balaban J connectivity index is 3.43. The van der Waals surface area contributed by atoms with E-state index in [0.29, 0.717) is 5.78 Å². The molecule has 0 aliphatic heterocycles. The van der Waals surface area contributed by atoms with E-state index in [1.54, 1.807) is 0 Å². The van der Waals surface area contributed by atoms with Crippen molar-refractivity contribution in [1.82, 2.24) is 0 Å². The summed E-state index contributed by atoms with van der Waals surface area (Å²) in [5, 5.41) is 0. The van der Waals surface area contributed by atoms with Gasteiger partial charge in [0.1, 0.15) is 5.78 Å². The van der Waals surface area contributed by atoms with Gasteiger partial charge in [0.15, 0.2) is 0 Å². The molecule has 172 valence electrons. The maximum atomic E-state index is 11.9. The molecule has 0 unspecified atom stereocenters. The molecule has 0 aliphatic rings. The first-order chi connectivity index (χ1) is 14.8. The number of carbonyl (C=O) groups excluding carboxylic acids is 1. The quantitative estimate of drug-likeness (QED) is 0.127. The van der Waals surface area contributed by atoms with Crippen LogP contribution < -0.4 is 0 Å². The van der Waals surface area contributed by atoms with Crippen LogP contribution in [-0.4, -0.2) is 5.78 Å². The van der Waals surface area contributed by atoms with E-state index < -0.39 is 0 Å². The number of rotatable bonds is 22. The molecule has 0 N–H and O–H groups in total. The summed E-state index contributed by atoms with van der Waals surface area (Å²) in [4.78, 5) is 11.9. The molecule has 0 aromatic carbocycles. The predicted octanol–water partition coefficient (Wildman–Crippen LogP) is 9.84. The van der Waals surface area contributed by atoms with Crippen molar-refractivity contribution in [2.75, 3.05) is 0 Å². The van der Waals surface area contributed by atoms with Gasteiger partial charge in [-0.15, -0.1) is 0 Å². The number of hydrogen-bond acceptors (Lipinski definition) is 1. The number of hydrogen-bond donors (Lipinski definition) is 0. The first kappa shape index (κ1) is 28.6. The van der Waals surface area contributed by atoms with Crippen LogP contribution in [0.3, 0.4) is 0 Å². The van der Waals surface area contributed by atoms with Crippen LogP contribution >= 0.6 is 0 Å². The highest BCUT2D eigenvalue weighted by molar-refractivity contribution is 5.78. The van der Waals surface area contributed by atoms with Crippen LogP contribution in [0.2, 0.25) is 0 Å². The zero-order chi connectivity index (χ0) is 22.0. The maximum Gasteiger partial charge on any atom is 0.132 e. The zero-order valence-electron chi connectivity index (χ0n) is 20.3. The van der Waals surface area contributed by atoms with Gasteiger partial charge in [-0.3, -0.25) is 4.79 Å². The van der Waals surface area contributed by atoms with E-state index in [4.69, 9.17) is 0 Å². The minimum Gasteiger partial charge on any atom is -0.300 e. The molecule has 0 saturated carbocycles. The Hall–Kier alpha value is -1.37. The third-order valence-electron chi connectivity index (χ3n) is 5.34. The van der Waals surface area contributed by atoms with Crippen molar-refractivity contribution in [2.45, 2.75) is 129 Å². The Morgan fingerprint density at radius 3 is 1.43 bits per heavy atom. The van der Waals surface area contributed by atoms with Crippen molar-refractivity contribution in [3.8, 4) is 0 Å². The first-order valence-corrected chi connectivity index (χ1v) is 12.9. The minimum absolute atomic E-state index is 0.458. The highest BCUT2D eigenvalue weighted by Crippen LogP contribution is 2.10. The van der Waals surface area contributed by atoms with Crippen molar-refractivity contribution in [3.63, 3.8) is 0 Å². The molecule has 0 radical (unpaired) electrons. The second kappa shape index (κ2) is 25.7. The Labute approximate surface area is 188 Å². The van der Waals surface area contributed by atoms with Gasteiger partial charge in [-0.25, -0.2) is 0 Å². The fourth-order valence-corrected chi connectivity index (χ4v) is 3.38. The van der Waals surface area contributed by atoms with Gasteiger partial charge in [-0.1, -0.05) is 114 Å². The van der Waals surface area contributed by atoms with E-state index in [2.05, 4.69) is 62.5 Å². The molecule has 0 atom stereocenters. The Morgan fingerprint density at radius 2 is 0.867 bits per heavy atom. The van der Waals surface area contributed by atoms with E-state index in [-0.39, 0.29) is 0 Å². The minimum atomic E-state index is 0.458. The fraction of sp³-hybridized carbons (Fsp3) is 0.690. The maximum absolute atomic E-state index is 11.9. The number of unbranched alkanes of at least 4 members (excludes halogenated alkanes) is 10. The molecule has 0 aromatic rings. The van der Waals surface area contributed by atoms with E-state index in [9.17, 15) is 4.79 Å².